The van der Waals surface area contributed by atoms with Gasteiger partial charge in [-0.3, -0.25) is 0 Å². The predicted octanol–water partition coefficient (Wildman–Crippen LogP) is 4.61. The van der Waals surface area contributed by atoms with E-state index in [-0.39, 0.29) is 0 Å². The average Bonchev–Trinajstić information content (AvgIpc) is 2.94. The number of nitrogens with zero attached hydrogens (tertiary/aromatic N) is 3. The molecule has 0 saturated carbocycles. The van der Waals surface area contributed by atoms with Crippen LogP contribution in [0, 0.1) is 6.92 Å². The highest BCUT2D eigenvalue weighted by Gasteiger charge is 2.05. The molecular formula is C20H17N3. The SMILES string of the molecule is Cc1ccccc1-c1ccc(-c2ccc3nn(C)nc3c2)cc1. The molecule has 0 fully saturated rings. The van der Waals surface area contributed by atoms with Gasteiger partial charge < -0.3 is 0 Å². The van der Waals surface area contributed by atoms with Crippen molar-refractivity contribution in [1.29, 1.82) is 0 Å². The molecule has 3 nitrogen and oxygen atoms in total. The standard InChI is InChI=1S/C20H17N3/c1-14-5-3-4-6-18(14)16-9-7-15(8-10-16)17-11-12-19-20(13-17)22-23(2)21-19/h3-13H,1-2H3. The van der Waals surface area contributed by atoms with Crippen LogP contribution in [0.25, 0.3) is 33.3 Å². The molecule has 0 aliphatic rings. The number of rotatable bonds is 2. The fourth-order valence-electron chi connectivity index (χ4n) is 2.94. The van der Waals surface area contributed by atoms with E-state index in [0.717, 1.165) is 16.6 Å². The highest BCUT2D eigenvalue weighted by molar-refractivity contribution is 5.81. The molecule has 23 heavy (non-hydrogen) atoms. The minimum absolute atomic E-state index is 0.924. The molecule has 0 amide bonds. The molecule has 4 rings (SSSR count). The molecule has 112 valence electrons. The molecule has 0 N–H and O–H groups in total. The van der Waals surface area contributed by atoms with Gasteiger partial charge in [-0.2, -0.15) is 15.0 Å². The molecule has 0 unspecified atom stereocenters. The minimum atomic E-state index is 0.924. The van der Waals surface area contributed by atoms with Gasteiger partial charge in [0.1, 0.15) is 11.0 Å². The summed E-state index contributed by atoms with van der Waals surface area (Å²) in [5.41, 5.74) is 8.02. The van der Waals surface area contributed by atoms with Gasteiger partial charge in [0.15, 0.2) is 0 Å². The lowest BCUT2D eigenvalue weighted by Gasteiger charge is -2.07. The van der Waals surface area contributed by atoms with Gasteiger partial charge in [0.05, 0.1) is 0 Å². The Balaban J connectivity index is 1.73. The van der Waals surface area contributed by atoms with Crippen LogP contribution in [0.5, 0.6) is 0 Å². The zero-order valence-electron chi connectivity index (χ0n) is 13.2. The Morgan fingerprint density at radius 3 is 2.13 bits per heavy atom. The molecule has 0 spiro atoms. The number of aryl methyl sites for hydroxylation is 2. The summed E-state index contributed by atoms with van der Waals surface area (Å²) in [6.07, 6.45) is 0. The maximum Gasteiger partial charge on any atom is 0.113 e. The van der Waals surface area contributed by atoms with Gasteiger partial charge in [-0.15, -0.1) is 0 Å². The summed E-state index contributed by atoms with van der Waals surface area (Å²) < 4.78 is 0. The first-order valence-electron chi connectivity index (χ1n) is 7.68. The summed E-state index contributed by atoms with van der Waals surface area (Å²) in [6, 6.07) is 23.4. The van der Waals surface area contributed by atoms with Crippen molar-refractivity contribution in [3.63, 3.8) is 0 Å². The van der Waals surface area contributed by atoms with Crippen LogP contribution in [0.2, 0.25) is 0 Å². The summed E-state index contributed by atoms with van der Waals surface area (Å²) in [5, 5.41) is 8.70. The molecule has 0 saturated heterocycles. The maximum absolute atomic E-state index is 4.38. The zero-order valence-corrected chi connectivity index (χ0v) is 13.2. The van der Waals surface area contributed by atoms with Gasteiger partial charge in [-0.05, 0) is 46.9 Å². The third-order valence-corrected chi connectivity index (χ3v) is 4.15. The van der Waals surface area contributed by atoms with Crippen molar-refractivity contribution in [3.05, 3.63) is 72.3 Å². The van der Waals surface area contributed by atoms with Crippen LogP contribution in [0.4, 0.5) is 0 Å². The van der Waals surface area contributed by atoms with E-state index in [2.05, 4.69) is 77.8 Å². The first-order chi connectivity index (χ1) is 11.2. The van der Waals surface area contributed by atoms with E-state index in [1.807, 2.05) is 13.1 Å². The Kier molecular flexibility index (Phi) is 3.19. The van der Waals surface area contributed by atoms with Crippen molar-refractivity contribution in [3.8, 4) is 22.3 Å². The smallest absolute Gasteiger partial charge is 0.113 e. The fraction of sp³-hybridized carbons (Fsp3) is 0.100. The molecule has 4 aromatic rings. The first kappa shape index (κ1) is 13.7. The predicted molar refractivity (Wildman–Crippen MR) is 94.1 cm³/mol. The van der Waals surface area contributed by atoms with Crippen molar-refractivity contribution >= 4 is 11.0 Å². The number of fused-ring (bicyclic) bond motifs is 1. The molecule has 0 bridgehead atoms. The molecule has 0 aliphatic carbocycles. The molecule has 0 radical (unpaired) electrons. The quantitative estimate of drug-likeness (QED) is 0.541. The fourth-order valence-corrected chi connectivity index (χ4v) is 2.94. The van der Waals surface area contributed by atoms with Crippen LogP contribution in [-0.2, 0) is 7.05 Å². The zero-order chi connectivity index (χ0) is 15.8. The third-order valence-electron chi connectivity index (χ3n) is 4.15. The second-order valence-electron chi connectivity index (χ2n) is 5.79. The van der Waals surface area contributed by atoms with Gasteiger partial charge in [0.2, 0.25) is 0 Å². The molecule has 0 aliphatic heterocycles. The molecule has 1 heterocycles. The summed E-state index contributed by atoms with van der Waals surface area (Å²) in [6.45, 7) is 2.14. The van der Waals surface area contributed by atoms with E-state index in [0.29, 0.717) is 0 Å². The number of hydrogen-bond acceptors (Lipinski definition) is 2. The number of hydrogen-bond donors (Lipinski definition) is 0. The Hall–Kier alpha value is -2.94. The van der Waals surface area contributed by atoms with E-state index in [1.54, 1.807) is 4.80 Å². The first-order valence-corrected chi connectivity index (χ1v) is 7.68. The molecule has 0 atom stereocenters. The second kappa shape index (κ2) is 5.36. The molecule has 3 aromatic carbocycles. The van der Waals surface area contributed by atoms with Crippen LogP contribution in [0.15, 0.2) is 66.7 Å². The lowest BCUT2D eigenvalue weighted by molar-refractivity contribution is 0.665. The Labute approximate surface area is 135 Å². The molecular weight excluding hydrogens is 282 g/mol. The minimum Gasteiger partial charge on any atom is -0.187 e. The molecule has 3 heteroatoms. The number of benzene rings is 3. The Morgan fingerprint density at radius 2 is 1.35 bits per heavy atom. The highest BCUT2D eigenvalue weighted by atomic mass is 15.4. The Bertz CT molecular complexity index is 981. The van der Waals surface area contributed by atoms with Crippen LogP contribution >= 0.6 is 0 Å². The normalized spacial score (nSPS) is 11.0. The van der Waals surface area contributed by atoms with Gasteiger partial charge in [0, 0.05) is 7.05 Å². The van der Waals surface area contributed by atoms with Crippen LogP contribution in [-0.4, -0.2) is 15.0 Å². The van der Waals surface area contributed by atoms with Crippen LogP contribution < -0.4 is 0 Å². The van der Waals surface area contributed by atoms with Gasteiger partial charge in [-0.25, -0.2) is 0 Å². The maximum atomic E-state index is 4.38. The van der Waals surface area contributed by atoms with Crippen molar-refractivity contribution in [2.45, 2.75) is 6.92 Å². The summed E-state index contributed by atoms with van der Waals surface area (Å²) in [4.78, 5) is 1.61. The van der Waals surface area contributed by atoms with Gasteiger partial charge >= 0.3 is 0 Å². The van der Waals surface area contributed by atoms with E-state index >= 15 is 0 Å². The third kappa shape index (κ3) is 2.50. The van der Waals surface area contributed by atoms with E-state index in [1.165, 1.54) is 22.3 Å². The van der Waals surface area contributed by atoms with Crippen LogP contribution in [0.3, 0.4) is 0 Å². The van der Waals surface area contributed by atoms with Crippen molar-refractivity contribution in [1.82, 2.24) is 15.0 Å². The van der Waals surface area contributed by atoms with E-state index in [4.69, 9.17) is 0 Å². The summed E-state index contributed by atoms with van der Waals surface area (Å²) in [7, 11) is 1.84. The van der Waals surface area contributed by atoms with Crippen LogP contribution in [0.1, 0.15) is 5.56 Å². The Morgan fingerprint density at radius 1 is 0.696 bits per heavy atom. The van der Waals surface area contributed by atoms with Gasteiger partial charge in [0.25, 0.3) is 0 Å². The largest absolute Gasteiger partial charge is 0.187 e. The van der Waals surface area contributed by atoms with Crippen molar-refractivity contribution in [2.75, 3.05) is 0 Å². The highest BCUT2D eigenvalue weighted by Crippen LogP contribution is 2.28. The monoisotopic (exact) mass is 299 g/mol. The van der Waals surface area contributed by atoms with E-state index < -0.39 is 0 Å². The lowest BCUT2D eigenvalue weighted by Crippen LogP contribution is -1.90. The van der Waals surface area contributed by atoms with Gasteiger partial charge in [-0.1, -0.05) is 54.6 Å². The topological polar surface area (TPSA) is 30.7 Å². The summed E-state index contributed by atoms with van der Waals surface area (Å²) >= 11 is 0. The average molecular weight is 299 g/mol. The number of aromatic nitrogens is 3. The lowest BCUT2D eigenvalue weighted by atomic mass is 9.97. The van der Waals surface area contributed by atoms with E-state index in [9.17, 15) is 0 Å². The van der Waals surface area contributed by atoms with Crippen molar-refractivity contribution < 1.29 is 0 Å². The second-order valence-corrected chi connectivity index (χ2v) is 5.79. The van der Waals surface area contributed by atoms with Crippen molar-refractivity contribution in [2.24, 2.45) is 7.05 Å². The summed E-state index contributed by atoms with van der Waals surface area (Å²) in [5.74, 6) is 0. The molecule has 1 aromatic heterocycles.